The second-order valence-corrected chi connectivity index (χ2v) is 4.17. The molecule has 0 bridgehead atoms. The van der Waals surface area contributed by atoms with Crippen molar-refractivity contribution in [2.75, 3.05) is 13.7 Å². The second-order valence-electron chi connectivity index (χ2n) is 4.17. The van der Waals surface area contributed by atoms with Crippen LogP contribution in [-0.2, 0) is 7.05 Å². The van der Waals surface area contributed by atoms with Gasteiger partial charge in [0, 0.05) is 12.6 Å². The van der Waals surface area contributed by atoms with E-state index >= 15 is 0 Å². The molecule has 102 valence electrons. The lowest BCUT2D eigenvalue weighted by Gasteiger charge is -2.17. The van der Waals surface area contributed by atoms with Crippen molar-refractivity contribution in [3.8, 4) is 11.5 Å². The first kappa shape index (κ1) is 13.4. The summed E-state index contributed by atoms with van der Waals surface area (Å²) in [5.41, 5.74) is 8.10. The van der Waals surface area contributed by atoms with Crippen LogP contribution in [0.3, 0.4) is 0 Å². The van der Waals surface area contributed by atoms with Crippen LogP contribution in [0.4, 0.5) is 0 Å². The number of hydrogen-bond acceptors (Lipinski definition) is 4. The minimum Gasteiger partial charge on any atom is -0.494 e. The fourth-order valence-corrected chi connectivity index (χ4v) is 2.11. The summed E-state index contributed by atoms with van der Waals surface area (Å²) in [7, 11) is 3.46. The van der Waals surface area contributed by atoms with Gasteiger partial charge < -0.3 is 15.2 Å². The molecule has 1 aromatic carbocycles. The predicted molar refractivity (Wildman–Crippen MR) is 73.4 cm³/mol. The Balaban J connectivity index is 2.43. The molecule has 0 amide bonds. The van der Waals surface area contributed by atoms with Crippen molar-refractivity contribution in [3.05, 3.63) is 41.7 Å². The number of nitrogens with zero attached hydrogens (tertiary/aromatic N) is 2. The normalized spacial score (nSPS) is 12.2. The maximum Gasteiger partial charge on any atom is 0.161 e. The third-order valence-electron chi connectivity index (χ3n) is 3.02. The van der Waals surface area contributed by atoms with E-state index in [0.717, 1.165) is 17.0 Å². The number of rotatable bonds is 5. The Labute approximate surface area is 112 Å². The maximum absolute atomic E-state index is 6.35. The number of ether oxygens (including phenoxy) is 2. The summed E-state index contributed by atoms with van der Waals surface area (Å²) in [6.45, 7) is 2.55. The van der Waals surface area contributed by atoms with E-state index in [-0.39, 0.29) is 6.04 Å². The number of benzene rings is 1. The molecular weight excluding hydrogens is 242 g/mol. The lowest BCUT2D eigenvalue weighted by atomic mass is 10.0. The molecule has 1 heterocycles. The molecule has 2 rings (SSSR count). The Hall–Kier alpha value is -2.01. The van der Waals surface area contributed by atoms with Crippen molar-refractivity contribution >= 4 is 0 Å². The smallest absolute Gasteiger partial charge is 0.161 e. The van der Waals surface area contributed by atoms with E-state index in [1.54, 1.807) is 18.0 Å². The summed E-state index contributed by atoms with van der Waals surface area (Å²) in [6, 6.07) is 7.41. The highest BCUT2D eigenvalue weighted by Gasteiger charge is 2.21. The topological polar surface area (TPSA) is 62.3 Å². The van der Waals surface area contributed by atoms with Crippen LogP contribution in [0, 0.1) is 0 Å². The molecule has 5 heteroatoms. The van der Waals surface area contributed by atoms with E-state index in [0.29, 0.717) is 12.4 Å². The first-order valence-corrected chi connectivity index (χ1v) is 6.22. The third-order valence-corrected chi connectivity index (χ3v) is 3.02. The van der Waals surface area contributed by atoms with E-state index in [1.807, 2.05) is 38.2 Å². The Morgan fingerprint density at radius 1 is 1.32 bits per heavy atom. The minimum absolute atomic E-state index is 0.342. The number of para-hydroxylation sites is 1. The van der Waals surface area contributed by atoms with Crippen molar-refractivity contribution in [2.45, 2.75) is 13.0 Å². The summed E-state index contributed by atoms with van der Waals surface area (Å²) < 4.78 is 12.7. The van der Waals surface area contributed by atoms with Gasteiger partial charge in [0.25, 0.3) is 0 Å². The largest absolute Gasteiger partial charge is 0.494 e. The molecule has 0 saturated carbocycles. The minimum atomic E-state index is -0.342. The van der Waals surface area contributed by atoms with E-state index in [4.69, 9.17) is 15.2 Å². The average Bonchev–Trinajstić information content (AvgIpc) is 2.80. The van der Waals surface area contributed by atoms with Crippen LogP contribution >= 0.6 is 0 Å². The molecular formula is C14H19N3O2. The van der Waals surface area contributed by atoms with E-state index in [1.165, 1.54) is 0 Å². The van der Waals surface area contributed by atoms with Gasteiger partial charge in [-0.2, -0.15) is 5.10 Å². The number of aryl methyl sites for hydroxylation is 1. The molecule has 5 nitrogen and oxygen atoms in total. The molecule has 0 radical (unpaired) electrons. The number of nitrogens with two attached hydrogens (primary N) is 1. The van der Waals surface area contributed by atoms with Crippen LogP contribution in [0.25, 0.3) is 0 Å². The summed E-state index contributed by atoms with van der Waals surface area (Å²) >= 11 is 0. The zero-order valence-corrected chi connectivity index (χ0v) is 11.5. The molecule has 1 aromatic heterocycles. The molecule has 0 fully saturated rings. The Morgan fingerprint density at radius 2 is 2.05 bits per heavy atom. The molecule has 0 saturated heterocycles. The fourth-order valence-electron chi connectivity index (χ4n) is 2.11. The zero-order valence-electron chi connectivity index (χ0n) is 11.5. The summed E-state index contributed by atoms with van der Waals surface area (Å²) in [5, 5.41) is 4.18. The molecule has 19 heavy (non-hydrogen) atoms. The first-order chi connectivity index (χ1) is 9.19. The van der Waals surface area contributed by atoms with Crippen LogP contribution < -0.4 is 15.2 Å². The monoisotopic (exact) mass is 261 g/mol. The van der Waals surface area contributed by atoms with Crippen molar-refractivity contribution in [2.24, 2.45) is 12.8 Å². The van der Waals surface area contributed by atoms with Gasteiger partial charge in [0.1, 0.15) is 11.4 Å². The number of aromatic nitrogens is 2. The number of hydrogen-bond donors (Lipinski definition) is 1. The summed E-state index contributed by atoms with van der Waals surface area (Å²) in [4.78, 5) is 0. The third kappa shape index (κ3) is 2.56. The summed E-state index contributed by atoms with van der Waals surface area (Å²) in [6.07, 6.45) is 1.67. The van der Waals surface area contributed by atoms with Gasteiger partial charge in [-0.3, -0.25) is 4.68 Å². The summed E-state index contributed by atoms with van der Waals surface area (Å²) in [5.74, 6) is 1.47. The fraction of sp³-hybridized carbons (Fsp3) is 0.357. The highest BCUT2D eigenvalue weighted by molar-refractivity contribution is 5.43. The van der Waals surface area contributed by atoms with Crippen LogP contribution in [0.5, 0.6) is 11.5 Å². The van der Waals surface area contributed by atoms with Gasteiger partial charge in [0.2, 0.25) is 0 Å². The Morgan fingerprint density at radius 3 is 2.74 bits per heavy atom. The van der Waals surface area contributed by atoms with E-state index < -0.39 is 0 Å². The first-order valence-electron chi connectivity index (χ1n) is 6.22. The zero-order chi connectivity index (χ0) is 13.8. The lowest BCUT2D eigenvalue weighted by Crippen LogP contribution is -2.18. The van der Waals surface area contributed by atoms with Gasteiger partial charge in [-0.05, 0) is 13.0 Å². The van der Waals surface area contributed by atoms with Gasteiger partial charge in [0.05, 0.1) is 26.0 Å². The molecule has 0 aliphatic rings. The van der Waals surface area contributed by atoms with Gasteiger partial charge in [-0.15, -0.1) is 0 Å². The van der Waals surface area contributed by atoms with Gasteiger partial charge >= 0.3 is 0 Å². The van der Waals surface area contributed by atoms with Gasteiger partial charge in [-0.1, -0.05) is 18.2 Å². The van der Waals surface area contributed by atoms with Crippen molar-refractivity contribution in [3.63, 3.8) is 0 Å². The highest BCUT2D eigenvalue weighted by Crippen LogP contribution is 2.32. The molecule has 2 aromatic rings. The standard InChI is InChI=1S/C14H19N3O2/c1-4-19-11-8-6-5-7-10(11)13(15)14-12(18-3)9-16-17(14)2/h5-9,13H,4,15H2,1-3H3. The van der Waals surface area contributed by atoms with Crippen molar-refractivity contribution in [1.82, 2.24) is 9.78 Å². The van der Waals surface area contributed by atoms with E-state index in [9.17, 15) is 0 Å². The van der Waals surface area contributed by atoms with Gasteiger partial charge in [-0.25, -0.2) is 0 Å². The van der Waals surface area contributed by atoms with Gasteiger partial charge in [0.15, 0.2) is 5.75 Å². The molecule has 1 atom stereocenters. The second kappa shape index (κ2) is 5.75. The number of methoxy groups -OCH3 is 1. The van der Waals surface area contributed by atoms with E-state index in [2.05, 4.69) is 5.10 Å². The van der Waals surface area contributed by atoms with Crippen molar-refractivity contribution in [1.29, 1.82) is 0 Å². The molecule has 1 unspecified atom stereocenters. The molecule has 2 N–H and O–H groups in total. The highest BCUT2D eigenvalue weighted by atomic mass is 16.5. The molecule has 0 spiro atoms. The Kier molecular flexibility index (Phi) is 4.06. The average molecular weight is 261 g/mol. The quantitative estimate of drug-likeness (QED) is 0.892. The van der Waals surface area contributed by atoms with Crippen LogP contribution in [0.15, 0.2) is 30.5 Å². The van der Waals surface area contributed by atoms with Crippen LogP contribution in [-0.4, -0.2) is 23.5 Å². The van der Waals surface area contributed by atoms with Crippen LogP contribution in [0.1, 0.15) is 24.2 Å². The predicted octanol–water partition coefficient (Wildman–Crippen LogP) is 1.88. The van der Waals surface area contributed by atoms with Crippen molar-refractivity contribution < 1.29 is 9.47 Å². The SMILES string of the molecule is CCOc1ccccc1C(N)c1c(OC)cnn1C. The maximum atomic E-state index is 6.35. The van der Waals surface area contributed by atoms with Crippen LogP contribution in [0.2, 0.25) is 0 Å². The molecule has 0 aliphatic carbocycles. The Bertz CT molecular complexity index is 551. The molecule has 0 aliphatic heterocycles. The lowest BCUT2D eigenvalue weighted by molar-refractivity contribution is 0.334.